The number of carboxylic acids is 1. The van der Waals surface area contributed by atoms with E-state index in [0.717, 1.165) is 12.8 Å². The Morgan fingerprint density at radius 1 is 1.29 bits per heavy atom. The summed E-state index contributed by atoms with van der Waals surface area (Å²) in [6, 6.07) is -1.15. The van der Waals surface area contributed by atoms with Crippen LogP contribution in [0.1, 0.15) is 26.2 Å². The summed E-state index contributed by atoms with van der Waals surface area (Å²) in [5, 5.41) is 14.5. The van der Waals surface area contributed by atoms with Gasteiger partial charge >= 0.3 is 12.0 Å². The number of nitrogens with zero attached hydrogens (tertiary/aromatic N) is 1. The molecule has 2 aliphatic rings. The van der Waals surface area contributed by atoms with Crippen molar-refractivity contribution < 1.29 is 19.5 Å². The minimum absolute atomic E-state index is 0.0458. The van der Waals surface area contributed by atoms with E-state index < -0.39 is 12.0 Å². The van der Waals surface area contributed by atoms with Crippen molar-refractivity contribution in [3.8, 4) is 0 Å². The van der Waals surface area contributed by atoms with Gasteiger partial charge < -0.3 is 15.7 Å². The van der Waals surface area contributed by atoms with E-state index in [4.69, 9.17) is 0 Å². The van der Waals surface area contributed by atoms with Crippen molar-refractivity contribution >= 4 is 29.7 Å². The van der Waals surface area contributed by atoms with Crippen molar-refractivity contribution in [2.45, 2.75) is 37.6 Å². The third kappa shape index (κ3) is 4.03. The van der Waals surface area contributed by atoms with Crippen molar-refractivity contribution in [3.63, 3.8) is 0 Å². The predicted molar refractivity (Wildman–Crippen MR) is 78.9 cm³/mol. The van der Waals surface area contributed by atoms with Gasteiger partial charge in [0.05, 0.1) is 5.37 Å². The topological polar surface area (TPSA) is 98.7 Å². The number of hydrogen-bond donors (Lipinski definition) is 3. The number of nitrogens with one attached hydrogen (secondary N) is 2. The number of amides is 3. The molecule has 1 saturated carbocycles. The molecule has 2 unspecified atom stereocenters. The van der Waals surface area contributed by atoms with Crippen molar-refractivity contribution in [3.05, 3.63) is 0 Å². The summed E-state index contributed by atoms with van der Waals surface area (Å²) < 4.78 is 0. The van der Waals surface area contributed by atoms with E-state index in [-0.39, 0.29) is 30.3 Å². The van der Waals surface area contributed by atoms with Crippen LogP contribution >= 0.6 is 11.8 Å². The lowest BCUT2D eigenvalue weighted by Crippen LogP contribution is -2.51. The zero-order valence-corrected chi connectivity index (χ0v) is 12.8. The summed E-state index contributed by atoms with van der Waals surface area (Å²) in [7, 11) is 0. The Kier molecular flexibility index (Phi) is 5.33. The van der Waals surface area contributed by atoms with Gasteiger partial charge in [0.2, 0.25) is 5.91 Å². The highest BCUT2D eigenvalue weighted by Gasteiger charge is 2.48. The molecule has 1 aliphatic carbocycles. The van der Waals surface area contributed by atoms with Crippen LogP contribution in [0.4, 0.5) is 4.79 Å². The fraction of sp³-hybridized carbons (Fsp3) is 0.769. The average molecular weight is 315 g/mol. The third-order valence-electron chi connectivity index (χ3n) is 3.58. The van der Waals surface area contributed by atoms with Crippen LogP contribution in [0, 0.1) is 5.92 Å². The van der Waals surface area contributed by atoms with Crippen LogP contribution in [0.5, 0.6) is 0 Å². The number of rotatable bonds is 6. The Balaban J connectivity index is 1.88. The van der Waals surface area contributed by atoms with Crippen molar-refractivity contribution in [2.24, 2.45) is 5.92 Å². The Hall–Kier alpha value is -1.44. The molecule has 8 heteroatoms. The van der Waals surface area contributed by atoms with E-state index in [9.17, 15) is 19.5 Å². The van der Waals surface area contributed by atoms with E-state index in [1.807, 2.05) is 6.92 Å². The average Bonchev–Trinajstić information content (AvgIpc) is 3.17. The van der Waals surface area contributed by atoms with Crippen LogP contribution in [0.25, 0.3) is 0 Å². The number of urea groups is 1. The van der Waals surface area contributed by atoms with Crippen LogP contribution in [-0.2, 0) is 9.59 Å². The molecule has 0 aromatic heterocycles. The molecule has 1 saturated heterocycles. The summed E-state index contributed by atoms with van der Waals surface area (Å²) in [6.45, 7) is 2.60. The maximum absolute atomic E-state index is 12.2. The lowest BCUT2D eigenvalue weighted by atomic mass is 10.2. The molecule has 1 aliphatic heterocycles. The van der Waals surface area contributed by atoms with E-state index in [2.05, 4.69) is 10.6 Å². The van der Waals surface area contributed by atoms with Crippen molar-refractivity contribution in [1.82, 2.24) is 15.5 Å². The first-order chi connectivity index (χ1) is 10.0. The van der Waals surface area contributed by atoms with Crippen molar-refractivity contribution in [1.29, 1.82) is 0 Å². The SMILES string of the molecule is CCNC(=O)CCNC(=O)N1C(C(=O)O)CSC1C1CC1. The second-order valence-corrected chi connectivity index (χ2v) is 6.41. The molecule has 0 aromatic rings. The molecule has 0 bridgehead atoms. The summed E-state index contributed by atoms with van der Waals surface area (Å²) in [5.41, 5.74) is 0. The van der Waals surface area contributed by atoms with Crippen LogP contribution in [0.3, 0.4) is 0 Å². The maximum atomic E-state index is 12.2. The Labute approximate surface area is 127 Å². The first-order valence-corrected chi connectivity index (χ1v) is 8.26. The van der Waals surface area contributed by atoms with Gasteiger partial charge in [0, 0.05) is 25.3 Å². The second kappa shape index (κ2) is 7.02. The smallest absolute Gasteiger partial charge is 0.327 e. The van der Waals surface area contributed by atoms with Gasteiger partial charge in [-0.1, -0.05) is 0 Å². The van der Waals surface area contributed by atoms with Crippen molar-refractivity contribution in [2.75, 3.05) is 18.8 Å². The number of hydrogen-bond acceptors (Lipinski definition) is 4. The standard InChI is InChI=1S/C13H21N3O4S/c1-2-14-10(17)5-6-15-13(20)16-9(12(18)19)7-21-11(16)8-3-4-8/h8-9,11H,2-7H2,1H3,(H,14,17)(H,15,20)(H,18,19). The van der Waals surface area contributed by atoms with E-state index in [1.165, 1.54) is 16.7 Å². The summed E-state index contributed by atoms with van der Waals surface area (Å²) in [4.78, 5) is 36.3. The quantitative estimate of drug-likeness (QED) is 0.661. The Bertz CT molecular complexity index is 428. The molecular formula is C13H21N3O4S. The molecule has 21 heavy (non-hydrogen) atoms. The zero-order chi connectivity index (χ0) is 15.4. The van der Waals surface area contributed by atoms with Gasteiger partial charge in [-0.05, 0) is 25.7 Å². The lowest BCUT2D eigenvalue weighted by Gasteiger charge is -2.27. The Morgan fingerprint density at radius 3 is 2.57 bits per heavy atom. The molecule has 7 nitrogen and oxygen atoms in total. The summed E-state index contributed by atoms with van der Waals surface area (Å²) >= 11 is 1.54. The molecule has 2 rings (SSSR count). The Morgan fingerprint density at radius 2 is 2.00 bits per heavy atom. The molecule has 1 heterocycles. The molecule has 2 atom stereocenters. The number of carboxylic acid groups (broad SMARTS) is 1. The zero-order valence-electron chi connectivity index (χ0n) is 12.0. The lowest BCUT2D eigenvalue weighted by molar-refractivity contribution is -0.141. The molecule has 0 spiro atoms. The summed E-state index contributed by atoms with van der Waals surface area (Å²) in [5.74, 6) is -0.250. The minimum atomic E-state index is -0.968. The molecule has 3 N–H and O–H groups in total. The van der Waals surface area contributed by atoms with Gasteiger partial charge in [-0.2, -0.15) is 0 Å². The molecule has 118 valence electrons. The van der Waals surface area contributed by atoms with Gasteiger partial charge in [-0.3, -0.25) is 9.69 Å². The van der Waals surface area contributed by atoms with Crippen LogP contribution in [-0.4, -0.2) is 58.2 Å². The molecule has 2 fully saturated rings. The third-order valence-corrected chi connectivity index (χ3v) is 5.04. The van der Waals surface area contributed by atoms with Gasteiger partial charge in [-0.15, -0.1) is 11.8 Å². The van der Waals surface area contributed by atoms with Gasteiger partial charge in [0.15, 0.2) is 0 Å². The molecule has 0 radical (unpaired) electrons. The number of carbonyl (C=O) groups is 3. The minimum Gasteiger partial charge on any atom is -0.480 e. The fourth-order valence-corrected chi connectivity index (χ4v) is 4.01. The van der Waals surface area contributed by atoms with Gasteiger partial charge in [0.25, 0.3) is 0 Å². The second-order valence-electron chi connectivity index (χ2n) is 5.26. The largest absolute Gasteiger partial charge is 0.480 e. The van der Waals surface area contributed by atoms with E-state index in [0.29, 0.717) is 18.2 Å². The van der Waals surface area contributed by atoms with Crippen LogP contribution in [0.2, 0.25) is 0 Å². The number of carbonyl (C=O) groups excluding carboxylic acids is 2. The first kappa shape index (κ1) is 15.9. The highest BCUT2D eigenvalue weighted by atomic mass is 32.2. The number of thioether (sulfide) groups is 1. The fourth-order valence-electron chi connectivity index (χ4n) is 2.38. The van der Waals surface area contributed by atoms with E-state index >= 15 is 0 Å². The monoisotopic (exact) mass is 315 g/mol. The maximum Gasteiger partial charge on any atom is 0.327 e. The normalized spacial score (nSPS) is 24.7. The number of aliphatic carboxylic acids is 1. The predicted octanol–water partition coefficient (Wildman–Crippen LogP) is 0.460. The highest BCUT2D eigenvalue weighted by molar-refractivity contribution is 8.00. The van der Waals surface area contributed by atoms with Gasteiger partial charge in [-0.25, -0.2) is 9.59 Å². The molecular weight excluding hydrogens is 294 g/mol. The van der Waals surface area contributed by atoms with Gasteiger partial charge in [0.1, 0.15) is 6.04 Å². The first-order valence-electron chi connectivity index (χ1n) is 7.21. The summed E-state index contributed by atoms with van der Waals surface area (Å²) in [6.07, 6.45) is 2.30. The molecule has 0 aromatic carbocycles. The van der Waals surface area contributed by atoms with Crippen LogP contribution in [0.15, 0.2) is 0 Å². The van der Waals surface area contributed by atoms with E-state index in [1.54, 1.807) is 0 Å². The van der Waals surface area contributed by atoms with Crippen LogP contribution < -0.4 is 10.6 Å². The molecule has 3 amide bonds. The highest BCUT2D eigenvalue weighted by Crippen LogP contribution is 2.45.